The zero-order valence-electron chi connectivity index (χ0n) is 28.0. The van der Waals surface area contributed by atoms with Crippen LogP contribution in [-0.4, -0.2) is 5.78 Å². The van der Waals surface area contributed by atoms with Gasteiger partial charge in [-0.3, -0.25) is 4.79 Å². The molecule has 0 saturated heterocycles. The summed E-state index contributed by atoms with van der Waals surface area (Å²) in [5, 5.41) is 0. The van der Waals surface area contributed by atoms with Crippen LogP contribution < -0.4 is 0 Å². The van der Waals surface area contributed by atoms with Crippen LogP contribution in [0.2, 0.25) is 0 Å². The molecule has 0 N–H and O–H groups in total. The lowest BCUT2D eigenvalue weighted by molar-refractivity contribution is -0.116. The van der Waals surface area contributed by atoms with Gasteiger partial charge >= 0.3 is 0 Å². The molecule has 0 aromatic heterocycles. The second-order valence-electron chi connectivity index (χ2n) is 13.9. The lowest BCUT2D eigenvalue weighted by Crippen LogP contribution is -2.24. The van der Waals surface area contributed by atoms with Crippen molar-refractivity contribution in [3.05, 3.63) is 106 Å². The minimum Gasteiger partial charge on any atom is -0.295 e. The summed E-state index contributed by atoms with van der Waals surface area (Å²) < 4.78 is 0. The molecule has 0 aromatic rings. The summed E-state index contributed by atoms with van der Waals surface area (Å²) in [5.74, 6) is 0.960. The molecule has 0 aliphatic heterocycles. The smallest absolute Gasteiger partial charge is 0.158 e. The van der Waals surface area contributed by atoms with E-state index in [-0.39, 0.29) is 11.2 Å². The molecule has 2 rings (SSSR count). The second-order valence-corrected chi connectivity index (χ2v) is 13.9. The third-order valence-corrected chi connectivity index (χ3v) is 8.97. The Kier molecular flexibility index (Phi) is 13.6. The number of rotatable bonds is 12. The molecule has 1 atom stereocenters. The van der Waals surface area contributed by atoms with Crippen LogP contribution in [0.25, 0.3) is 0 Å². The van der Waals surface area contributed by atoms with Crippen LogP contribution in [0.5, 0.6) is 0 Å². The zero-order chi connectivity index (χ0) is 30.6. The van der Waals surface area contributed by atoms with Gasteiger partial charge in [-0.05, 0) is 113 Å². The van der Waals surface area contributed by atoms with E-state index in [9.17, 15) is 4.79 Å². The molecule has 2 aliphatic rings. The number of ketones is 1. The van der Waals surface area contributed by atoms with E-state index < -0.39 is 0 Å². The zero-order valence-corrected chi connectivity index (χ0v) is 28.0. The van der Waals surface area contributed by atoms with Crippen LogP contribution in [0.15, 0.2) is 106 Å². The van der Waals surface area contributed by atoms with Crippen molar-refractivity contribution >= 4 is 5.78 Å². The van der Waals surface area contributed by atoms with Gasteiger partial charge < -0.3 is 0 Å². The molecule has 0 heterocycles. The highest BCUT2D eigenvalue weighted by Crippen LogP contribution is 2.41. The normalized spacial score (nSPS) is 21.9. The minimum atomic E-state index is 0.0596. The predicted molar refractivity (Wildman–Crippen MR) is 182 cm³/mol. The molecule has 1 unspecified atom stereocenters. The molecule has 0 aromatic carbocycles. The minimum absolute atomic E-state index is 0.0596. The Morgan fingerprint density at radius 2 is 1.41 bits per heavy atom. The topological polar surface area (TPSA) is 17.1 Å². The van der Waals surface area contributed by atoms with Crippen molar-refractivity contribution in [2.45, 2.75) is 121 Å². The summed E-state index contributed by atoms with van der Waals surface area (Å²) in [6, 6.07) is 0. The van der Waals surface area contributed by atoms with Crippen LogP contribution in [0.3, 0.4) is 0 Å². The quantitative estimate of drug-likeness (QED) is 0.219. The summed E-state index contributed by atoms with van der Waals surface area (Å²) in [4.78, 5) is 12.2. The van der Waals surface area contributed by atoms with E-state index >= 15 is 0 Å². The molecule has 0 spiro atoms. The van der Waals surface area contributed by atoms with Crippen molar-refractivity contribution < 1.29 is 4.79 Å². The molecule has 2 aliphatic carbocycles. The highest BCUT2D eigenvalue weighted by Gasteiger charge is 2.30. The van der Waals surface area contributed by atoms with E-state index in [0.717, 1.165) is 24.8 Å². The highest BCUT2D eigenvalue weighted by atomic mass is 16.1. The first kappa shape index (κ1) is 34.5. The Balaban J connectivity index is 1.79. The van der Waals surface area contributed by atoms with Gasteiger partial charge in [0.05, 0.1) is 0 Å². The average molecular weight is 555 g/mol. The molecule has 1 nitrogen and oxygen atoms in total. The van der Waals surface area contributed by atoms with Gasteiger partial charge in [-0.2, -0.15) is 0 Å². The van der Waals surface area contributed by atoms with Crippen LogP contribution in [0.1, 0.15) is 121 Å². The van der Waals surface area contributed by atoms with Gasteiger partial charge in [0.15, 0.2) is 5.78 Å². The standard InChI is InChI=1S/C40H58O/c1-30(18-13-20-32(3)23-25-36-34(5)22-15-28-39(36,7)8)16-11-12-17-31(2)19-14-21-33(4)24-26-37-35(6)38(41)27-29-40(37,9)10/h11-12,14,17,19-21,23-26,30H,13,15-16,18,22,27-29H2,1-10H3/b12-11+,19-14+,25-23+,26-24+,31-17-,32-20+,33-21+. The predicted octanol–water partition coefficient (Wildman–Crippen LogP) is 12.1. The van der Waals surface area contributed by atoms with Gasteiger partial charge in [-0.15, -0.1) is 0 Å². The van der Waals surface area contributed by atoms with Crippen LogP contribution >= 0.6 is 0 Å². The van der Waals surface area contributed by atoms with E-state index in [4.69, 9.17) is 0 Å². The first-order chi connectivity index (χ1) is 19.2. The summed E-state index contributed by atoms with van der Waals surface area (Å²) in [6.07, 6.45) is 33.3. The van der Waals surface area contributed by atoms with E-state index in [2.05, 4.69) is 129 Å². The van der Waals surface area contributed by atoms with Crippen molar-refractivity contribution in [3.63, 3.8) is 0 Å². The van der Waals surface area contributed by atoms with Gasteiger partial charge in [-0.25, -0.2) is 0 Å². The average Bonchev–Trinajstić information content (AvgIpc) is 2.88. The van der Waals surface area contributed by atoms with Gasteiger partial charge in [0.25, 0.3) is 0 Å². The first-order valence-electron chi connectivity index (χ1n) is 15.9. The highest BCUT2D eigenvalue weighted by molar-refractivity contribution is 5.97. The number of carbonyl (C=O) groups is 1. The molecule has 41 heavy (non-hydrogen) atoms. The van der Waals surface area contributed by atoms with E-state index in [1.54, 1.807) is 11.1 Å². The number of hydrogen-bond donors (Lipinski definition) is 0. The van der Waals surface area contributed by atoms with Gasteiger partial charge in [-0.1, -0.05) is 124 Å². The first-order valence-corrected chi connectivity index (χ1v) is 15.9. The molecule has 0 saturated carbocycles. The Morgan fingerprint density at radius 1 is 0.805 bits per heavy atom. The van der Waals surface area contributed by atoms with E-state index in [0.29, 0.717) is 17.8 Å². The van der Waals surface area contributed by atoms with Gasteiger partial charge in [0.2, 0.25) is 0 Å². The molecule has 0 radical (unpaired) electrons. The maximum absolute atomic E-state index is 12.2. The molecule has 0 amide bonds. The number of allylic oxidation sites excluding steroid dienone is 18. The Labute approximate surface area is 253 Å². The lowest BCUT2D eigenvalue weighted by atomic mass is 9.72. The SMILES string of the molecule is CC1=C(/C=C/C(C)=C/CCC(C)C/C=C/C=C(C)\C=C\C=C(C)\C=C\C2=C(C)C(=O)CCC2(C)C)C(C)(C)CCC1. The third kappa shape index (κ3) is 11.6. The Morgan fingerprint density at radius 3 is 2.12 bits per heavy atom. The lowest BCUT2D eigenvalue weighted by Gasteiger charge is -2.32. The number of hydrogen-bond acceptors (Lipinski definition) is 1. The van der Waals surface area contributed by atoms with Gasteiger partial charge in [0.1, 0.15) is 0 Å². The number of Topliss-reactive ketones (excluding diaryl/α,β-unsaturated/α-hetero) is 1. The van der Waals surface area contributed by atoms with Crippen molar-refractivity contribution in [3.8, 4) is 0 Å². The van der Waals surface area contributed by atoms with Crippen molar-refractivity contribution in [1.29, 1.82) is 0 Å². The number of carbonyl (C=O) groups excluding carboxylic acids is 1. The summed E-state index contributed by atoms with van der Waals surface area (Å²) in [6.45, 7) is 22.4. The molecular formula is C40H58O. The van der Waals surface area contributed by atoms with Crippen molar-refractivity contribution in [2.75, 3.05) is 0 Å². The summed E-state index contributed by atoms with van der Waals surface area (Å²) in [5.41, 5.74) is 9.36. The molecule has 0 fully saturated rings. The van der Waals surface area contributed by atoms with Crippen LogP contribution in [0, 0.1) is 16.7 Å². The van der Waals surface area contributed by atoms with Crippen LogP contribution in [0.4, 0.5) is 0 Å². The molecule has 1 heteroatoms. The maximum atomic E-state index is 12.2. The van der Waals surface area contributed by atoms with E-state index in [1.165, 1.54) is 48.0 Å². The molecular weight excluding hydrogens is 496 g/mol. The maximum Gasteiger partial charge on any atom is 0.158 e. The Hall–Kier alpha value is -2.67. The fraction of sp³-hybridized carbons (Fsp3) is 0.525. The molecule has 0 bridgehead atoms. The summed E-state index contributed by atoms with van der Waals surface area (Å²) >= 11 is 0. The fourth-order valence-electron chi connectivity index (χ4n) is 5.97. The van der Waals surface area contributed by atoms with E-state index in [1.807, 2.05) is 6.92 Å². The van der Waals surface area contributed by atoms with Crippen LogP contribution in [-0.2, 0) is 4.79 Å². The Bertz CT molecular complexity index is 1190. The van der Waals surface area contributed by atoms with Crippen molar-refractivity contribution in [2.24, 2.45) is 16.7 Å². The second kappa shape index (κ2) is 16.1. The summed E-state index contributed by atoms with van der Waals surface area (Å²) in [7, 11) is 0. The van der Waals surface area contributed by atoms with Crippen molar-refractivity contribution in [1.82, 2.24) is 0 Å². The third-order valence-electron chi connectivity index (χ3n) is 8.97. The van der Waals surface area contributed by atoms with Gasteiger partial charge in [0, 0.05) is 6.42 Å². The fourth-order valence-corrected chi connectivity index (χ4v) is 5.97. The molecule has 224 valence electrons. The largest absolute Gasteiger partial charge is 0.295 e. The monoisotopic (exact) mass is 554 g/mol.